The van der Waals surface area contributed by atoms with Gasteiger partial charge in [0.25, 0.3) is 5.91 Å². The minimum absolute atomic E-state index is 0.00415. The molecule has 2 aromatic carbocycles. The van der Waals surface area contributed by atoms with Crippen molar-refractivity contribution >= 4 is 21.4 Å². The second-order valence-electron chi connectivity index (χ2n) is 6.28. The summed E-state index contributed by atoms with van der Waals surface area (Å²) in [5.74, 6) is -0.0860. The minimum Gasteiger partial charge on any atom is -0.491 e. The predicted octanol–water partition coefficient (Wildman–Crippen LogP) is 3.66. The number of carbonyl (C=O) groups is 1. The molecule has 0 bridgehead atoms. The Kier molecular flexibility index (Phi) is 5.27. The van der Waals surface area contributed by atoms with Gasteiger partial charge < -0.3 is 10.1 Å². The van der Waals surface area contributed by atoms with Crippen molar-refractivity contribution in [2.45, 2.75) is 24.7 Å². The van der Waals surface area contributed by atoms with Gasteiger partial charge in [0.2, 0.25) is 0 Å². The third-order valence-corrected chi connectivity index (χ3v) is 5.97. The fraction of sp³-hybridized carbons (Fsp3) is 0.316. The van der Waals surface area contributed by atoms with Gasteiger partial charge in [-0.15, -0.1) is 0 Å². The number of amides is 1. The summed E-state index contributed by atoms with van der Waals surface area (Å²) in [5, 5.41) is 2.69. The lowest BCUT2D eigenvalue weighted by Gasteiger charge is -2.13. The van der Waals surface area contributed by atoms with Gasteiger partial charge >= 0.3 is 0 Å². The van der Waals surface area contributed by atoms with E-state index in [2.05, 4.69) is 5.32 Å². The van der Waals surface area contributed by atoms with Gasteiger partial charge in [0.05, 0.1) is 22.9 Å². The quantitative estimate of drug-likeness (QED) is 0.799. The van der Waals surface area contributed by atoms with Crippen LogP contribution in [0.1, 0.15) is 30.1 Å². The first-order valence-electron chi connectivity index (χ1n) is 8.45. The monoisotopic (exact) mass is 377 g/mol. The highest BCUT2D eigenvalue weighted by atomic mass is 32.2. The van der Waals surface area contributed by atoms with Crippen LogP contribution in [-0.4, -0.2) is 26.7 Å². The number of halogens is 1. The number of rotatable bonds is 7. The van der Waals surface area contributed by atoms with E-state index < -0.39 is 21.6 Å². The smallest absolute Gasteiger partial charge is 0.255 e. The van der Waals surface area contributed by atoms with Crippen LogP contribution in [-0.2, 0) is 9.84 Å². The van der Waals surface area contributed by atoms with E-state index in [1.54, 1.807) is 6.92 Å². The summed E-state index contributed by atoms with van der Waals surface area (Å²) >= 11 is 0. The summed E-state index contributed by atoms with van der Waals surface area (Å²) in [4.78, 5) is 12.6. The summed E-state index contributed by atoms with van der Waals surface area (Å²) in [5.41, 5.74) is 0.680. The Morgan fingerprint density at radius 1 is 1.19 bits per heavy atom. The van der Waals surface area contributed by atoms with Crippen LogP contribution in [0.5, 0.6) is 5.75 Å². The van der Waals surface area contributed by atoms with Crippen molar-refractivity contribution in [1.82, 2.24) is 0 Å². The zero-order chi connectivity index (χ0) is 18.7. The van der Waals surface area contributed by atoms with Gasteiger partial charge in [0.1, 0.15) is 11.6 Å². The molecule has 0 aromatic heterocycles. The molecule has 0 aliphatic heterocycles. The summed E-state index contributed by atoms with van der Waals surface area (Å²) in [6, 6.07) is 9.65. The van der Waals surface area contributed by atoms with Crippen molar-refractivity contribution in [2.75, 3.05) is 17.7 Å². The van der Waals surface area contributed by atoms with Crippen molar-refractivity contribution in [3.05, 3.63) is 53.8 Å². The van der Waals surface area contributed by atoms with Crippen molar-refractivity contribution in [2.24, 2.45) is 5.92 Å². The molecule has 0 heterocycles. The number of ether oxygens (including phenoxy) is 1. The molecule has 1 aliphatic carbocycles. The molecule has 1 fully saturated rings. The number of hydrogen-bond donors (Lipinski definition) is 1. The van der Waals surface area contributed by atoms with E-state index in [1.807, 2.05) is 0 Å². The summed E-state index contributed by atoms with van der Waals surface area (Å²) in [7, 11) is -3.31. The van der Waals surface area contributed by atoms with Crippen LogP contribution in [0.15, 0.2) is 47.4 Å². The SMILES string of the molecule is CCS(=O)(=O)c1ccc(C(=O)Nc2ccc(F)cc2OCC2CC2)cc1. The van der Waals surface area contributed by atoms with Crippen LogP contribution >= 0.6 is 0 Å². The summed E-state index contributed by atoms with van der Waals surface area (Å²) in [6.45, 7) is 2.06. The van der Waals surface area contributed by atoms with E-state index in [0.717, 1.165) is 12.8 Å². The number of hydrogen-bond acceptors (Lipinski definition) is 4. The second kappa shape index (κ2) is 7.45. The van der Waals surface area contributed by atoms with Crippen molar-refractivity contribution in [1.29, 1.82) is 0 Å². The van der Waals surface area contributed by atoms with Gasteiger partial charge in [-0.25, -0.2) is 12.8 Å². The van der Waals surface area contributed by atoms with Crippen LogP contribution in [0.4, 0.5) is 10.1 Å². The fourth-order valence-corrected chi connectivity index (χ4v) is 3.27. The van der Waals surface area contributed by atoms with Crippen LogP contribution in [0, 0.1) is 11.7 Å². The van der Waals surface area contributed by atoms with Gasteiger partial charge in [-0.3, -0.25) is 4.79 Å². The van der Waals surface area contributed by atoms with E-state index in [9.17, 15) is 17.6 Å². The molecule has 138 valence electrons. The lowest BCUT2D eigenvalue weighted by Crippen LogP contribution is -2.14. The molecule has 2 aromatic rings. The Balaban J connectivity index is 1.75. The largest absolute Gasteiger partial charge is 0.491 e. The van der Waals surface area contributed by atoms with Gasteiger partial charge in [-0.2, -0.15) is 0 Å². The first-order chi connectivity index (χ1) is 12.4. The minimum atomic E-state index is -3.31. The highest BCUT2D eigenvalue weighted by molar-refractivity contribution is 7.91. The van der Waals surface area contributed by atoms with Gasteiger partial charge in [0.15, 0.2) is 9.84 Å². The maximum Gasteiger partial charge on any atom is 0.255 e. The summed E-state index contributed by atoms with van der Waals surface area (Å²) in [6.07, 6.45) is 2.20. The first-order valence-corrected chi connectivity index (χ1v) is 10.1. The average molecular weight is 377 g/mol. The number of nitrogens with one attached hydrogen (secondary N) is 1. The Labute approximate surface area is 152 Å². The molecule has 0 unspecified atom stereocenters. The Morgan fingerprint density at radius 3 is 2.50 bits per heavy atom. The van der Waals surface area contributed by atoms with E-state index in [1.165, 1.54) is 42.5 Å². The maximum absolute atomic E-state index is 13.5. The lowest BCUT2D eigenvalue weighted by atomic mass is 10.2. The number of anilines is 1. The van der Waals surface area contributed by atoms with E-state index >= 15 is 0 Å². The molecule has 5 nitrogen and oxygen atoms in total. The van der Waals surface area contributed by atoms with Crippen LogP contribution < -0.4 is 10.1 Å². The lowest BCUT2D eigenvalue weighted by molar-refractivity contribution is 0.102. The van der Waals surface area contributed by atoms with Crippen LogP contribution in [0.2, 0.25) is 0 Å². The molecule has 1 amide bonds. The van der Waals surface area contributed by atoms with Crippen LogP contribution in [0.25, 0.3) is 0 Å². The third kappa shape index (κ3) is 4.40. The van der Waals surface area contributed by atoms with E-state index in [-0.39, 0.29) is 16.4 Å². The van der Waals surface area contributed by atoms with Gasteiger partial charge in [-0.05, 0) is 55.2 Å². The van der Waals surface area contributed by atoms with E-state index in [4.69, 9.17) is 4.74 Å². The molecular formula is C19H20FNO4S. The molecular weight excluding hydrogens is 357 g/mol. The Bertz CT molecular complexity index is 906. The molecule has 26 heavy (non-hydrogen) atoms. The van der Waals surface area contributed by atoms with Gasteiger partial charge in [0, 0.05) is 11.6 Å². The van der Waals surface area contributed by atoms with Crippen molar-refractivity contribution in [3.8, 4) is 5.75 Å². The molecule has 0 radical (unpaired) electrons. The molecule has 0 spiro atoms. The van der Waals surface area contributed by atoms with Crippen molar-refractivity contribution < 1.29 is 22.3 Å². The standard InChI is InChI=1S/C19H20FNO4S/c1-2-26(23,24)16-8-5-14(6-9-16)19(22)21-17-10-7-15(20)11-18(17)25-12-13-3-4-13/h5-11,13H,2-4,12H2,1H3,(H,21,22). The topological polar surface area (TPSA) is 72.5 Å². The number of carbonyl (C=O) groups excluding carboxylic acids is 1. The van der Waals surface area contributed by atoms with Gasteiger partial charge in [-0.1, -0.05) is 6.92 Å². The zero-order valence-corrected chi connectivity index (χ0v) is 15.2. The maximum atomic E-state index is 13.5. The van der Waals surface area contributed by atoms with Crippen LogP contribution in [0.3, 0.4) is 0 Å². The average Bonchev–Trinajstić information content (AvgIpc) is 3.46. The first kappa shape index (κ1) is 18.4. The summed E-state index contributed by atoms with van der Waals surface area (Å²) < 4.78 is 42.8. The Hall–Kier alpha value is -2.41. The third-order valence-electron chi connectivity index (χ3n) is 4.22. The highest BCUT2D eigenvalue weighted by Crippen LogP contribution is 2.32. The molecule has 1 N–H and O–H groups in total. The molecule has 3 rings (SSSR count). The Morgan fingerprint density at radius 2 is 1.88 bits per heavy atom. The fourth-order valence-electron chi connectivity index (χ4n) is 2.39. The zero-order valence-electron chi connectivity index (χ0n) is 14.4. The highest BCUT2D eigenvalue weighted by Gasteiger charge is 2.23. The molecule has 0 saturated heterocycles. The van der Waals surface area contributed by atoms with E-state index in [0.29, 0.717) is 23.8 Å². The molecule has 1 saturated carbocycles. The molecule has 7 heteroatoms. The van der Waals surface area contributed by atoms with Crippen molar-refractivity contribution in [3.63, 3.8) is 0 Å². The number of sulfone groups is 1. The number of benzene rings is 2. The normalized spacial score (nSPS) is 14.1. The predicted molar refractivity (Wildman–Crippen MR) is 96.7 cm³/mol. The molecule has 0 atom stereocenters. The molecule has 1 aliphatic rings. The second-order valence-corrected chi connectivity index (χ2v) is 8.56.